The Morgan fingerprint density at radius 1 is 0.875 bits per heavy atom. The van der Waals surface area contributed by atoms with Crippen molar-refractivity contribution in [2.45, 2.75) is 84.3 Å². The Morgan fingerprint density at radius 2 is 1.38 bits per heavy atom. The monoisotopic (exact) mass is 229 g/mol. The highest BCUT2D eigenvalue weighted by Gasteiger charge is 2.14. The number of nitrogens with one attached hydrogen (secondary N) is 1. The van der Waals surface area contributed by atoms with E-state index in [1.54, 1.807) is 0 Å². The fourth-order valence-corrected chi connectivity index (χ4v) is 1.74. The lowest BCUT2D eigenvalue weighted by Crippen LogP contribution is -2.41. The molecule has 0 spiro atoms. The molecule has 16 heavy (non-hydrogen) atoms. The molecule has 0 saturated heterocycles. The highest BCUT2D eigenvalue weighted by Crippen LogP contribution is 2.09. The molecule has 0 amide bonds. The maximum atomic E-state index is 9.71. The minimum absolute atomic E-state index is 0.666. The molecule has 0 aliphatic carbocycles. The molecular formula is C14H31NO. The second kappa shape index (κ2) is 10.1. The van der Waals surface area contributed by atoms with Crippen molar-refractivity contribution in [2.24, 2.45) is 0 Å². The van der Waals surface area contributed by atoms with Crippen molar-refractivity contribution in [3.05, 3.63) is 0 Å². The highest BCUT2D eigenvalue weighted by atomic mass is 16.3. The van der Waals surface area contributed by atoms with E-state index >= 15 is 0 Å². The van der Waals surface area contributed by atoms with Gasteiger partial charge in [0.15, 0.2) is 0 Å². The molecule has 1 atom stereocenters. The number of unbranched alkanes of at least 4 members (excludes halogenated alkanes) is 7. The molecule has 0 aliphatic rings. The van der Waals surface area contributed by atoms with Gasteiger partial charge in [0.1, 0.15) is 5.72 Å². The van der Waals surface area contributed by atoms with Crippen molar-refractivity contribution in [1.29, 1.82) is 0 Å². The number of aliphatic hydroxyl groups is 1. The van der Waals surface area contributed by atoms with Gasteiger partial charge in [-0.15, -0.1) is 0 Å². The molecule has 1 unspecified atom stereocenters. The molecule has 0 aromatic carbocycles. The van der Waals surface area contributed by atoms with Gasteiger partial charge in [-0.2, -0.15) is 0 Å². The molecule has 0 saturated carbocycles. The Morgan fingerprint density at radius 3 is 1.88 bits per heavy atom. The van der Waals surface area contributed by atoms with Gasteiger partial charge >= 0.3 is 0 Å². The first-order valence-electron chi connectivity index (χ1n) is 7.09. The smallest absolute Gasteiger partial charge is 0.112 e. The third kappa shape index (κ3) is 10.4. The van der Waals surface area contributed by atoms with Crippen molar-refractivity contribution in [1.82, 2.24) is 5.32 Å². The van der Waals surface area contributed by atoms with E-state index in [1.807, 2.05) is 13.8 Å². The minimum Gasteiger partial charge on any atom is -0.376 e. The highest BCUT2D eigenvalue weighted by molar-refractivity contribution is 4.66. The van der Waals surface area contributed by atoms with E-state index in [-0.39, 0.29) is 0 Å². The molecule has 98 valence electrons. The van der Waals surface area contributed by atoms with Crippen LogP contribution in [0.1, 0.15) is 78.6 Å². The van der Waals surface area contributed by atoms with Gasteiger partial charge in [0, 0.05) is 0 Å². The Hall–Kier alpha value is -0.0800. The SMILES string of the molecule is CCCCCCCCCCNC(C)(O)CC. The van der Waals surface area contributed by atoms with Crippen molar-refractivity contribution < 1.29 is 5.11 Å². The standard InChI is InChI=1S/C14H31NO/c1-4-6-7-8-9-10-11-12-13-15-14(3,16)5-2/h15-16H,4-13H2,1-3H3. The zero-order chi connectivity index (χ0) is 12.3. The normalized spacial score (nSPS) is 15.0. The molecule has 0 aliphatic heterocycles. The van der Waals surface area contributed by atoms with Gasteiger partial charge in [0.25, 0.3) is 0 Å². The summed E-state index contributed by atoms with van der Waals surface area (Å²) in [6.07, 6.45) is 11.5. The summed E-state index contributed by atoms with van der Waals surface area (Å²) < 4.78 is 0. The predicted molar refractivity (Wildman–Crippen MR) is 71.5 cm³/mol. The third-order valence-corrected chi connectivity index (χ3v) is 3.22. The lowest BCUT2D eigenvalue weighted by Gasteiger charge is -2.22. The summed E-state index contributed by atoms with van der Waals surface area (Å²) in [4.78, 5) is 0. The van der Waals surface area contributed by atoms with Crippen LogP contribution < -0.4 is 5.32 Å². The topological polar surface area (TPSA) is 32.3 Å². The van der Waals surface area contributed by atoms with E-state index in [0.717, 1.165) is 13.0 Å². The maximum absolute atomic E-state index is 9.71. The van der Waals surface area contributed by atoms with E-state index in [2.05, 4.69) is 12.2 Å². The Labute approximate surface area is 102 Å². The average molecular weight is 229 g/mol. The van der Waals surface area contributed by atoms with E-state index in [9.17, 15) is 5.11 Å². The molecule has 0 radical (unpaired) electrons. The zero-order valence-corrected chi connectivity index (χ0v) is 11.5. The van der Waals surface area contributed by atoms with Crippen LogP contribution >= 0.6 is 0 Å². The quantitative estimate of drug-likeness (QED) is 0.417. The van der Waals surface area contributed by atoms with Gasteiger partial charge in [-0.25, -0.2) is 0 Å². The first kappa shape index (κ1) is 15.9. The van der Waals surface area contributed by atoms with Crippen LogP contribution in [0.15, 0.2) is 0 Å². The fraction of sp³-hybridized carbons (Fsp3) is 1.00. The van der Waals surface area contributed by atoms with Crippen LogP contribution in [0.2, 0.25) is 0 Å². The van der Waals surface area contributed by atoms with Gasteiger partial charge in [0.2, 0.25) is 0 Å². The van der Waals surface area contributed by atoms with E-state index in [0.29, 0.717) is 0 Å². The van der Waals surface area contributed by atoms with Crippen LogP contribution in [-0.4, -0.2) is 17.4 Å². The molecule has 2 heteroatoms. The average Bonchev–Trinajstić information content (AvgIpc) is 2.27. The summed E-state index contributed by atoms with van der Waals surface area (Å²) in [5.41, 5.74) is -0.666. The Balaban J connectivity index is 3.10. The molecular weight excluding hydrogens is 198 g/mol. The largest absolute Gasteiger partial charge is 0.376 e. The molecule has 0 aromatic heterocycles. The van der Waals surface area contributed by atoms with Gasteiger partial charge in [-0.3, -0.25) is 5.32 Å². The van der Waals surface area contributed by atoms with E-state index in [4.69, 9.17) is 0 Å². The van der Waals surface area contributed by atoms with Crippen LogP contribution in [-0.2, 0) is 0 Å². The number of rotatable bonds is 11. The van der Waals surface area contributed by atoms with E-state index < -0.39 is 5.72 Å². The lowest BCUT2D eigenvalue weighted by atomic mass is 10.1. The predicted octanol–water partition coefficient (Wildman–Crippen LogP) is 3.84. The van der Waals surface area contributed by atoms with Crippen LogP contribution in [0.5, 0.6) is 0 Å². The van der Waals surface area contributed by atoms with Gasteiger partial charge in [-0.1, -0.05) is 58.8 Å². The maximum Gasteiger partial charge on any atom is 0.112 e. The van der Waals surface area contributed by atoms with Crippen LogP contribution in [0, 0.1) is 0 Å². The second-order valence-electron chi connectivity index (χ2n) is 5.03. The van der Waals surface area contributed by atoms with E-state index in [1.165, 1.54) is 51.4 Å². The van der Waals surface area contributed by atoms with Crippen molar-refractivity contribution in [3.8, 4) is 0 Å². The molecule has 0 fully saturated rings. The molecule has 2 N–H and O–H groups in total. The van der Waals surface area contributed by atoms with Crippen LogP contribution in [0.25, 0.3) is 0 Å². The summed E-state index contributed by atoms with van der Waals surface area (Å²) in [6, 6.07) is 0. The number of hydrogen-bond acceptors (Lipinski definition) is 2. The molecule has 2 nitrogen and oxygen atoms in total. The number of hydrogen-bond donors (Lipinski definition) is 2. The summed E-state index contributed by atoms with van der Waals surface area (Å²) in [5.74, 6) is 0. The summed E-state index contributed by atoms with van der Waals surface area (Å²) in [6.45, 7) is 7.04. The molecule has 0 aromatic rings. The minimum atomic E-state index is -0.666. The van der Waals surface area contributed by atoms with Crippen LogP contribution in [0.3, 0.4) is 0 Å². The van der Waals surface area contributed by atoms with Crippen molar-refractivity contribution in [2.75, 3.05) is 6.54 Å². The fourth-order valence-electron chi connectivity index (χ4n) is 1.74. The third-order valence-electron chi connectivity index (χ3n) is 3.22. The Bertz CT molecular complexity index is 146. The van der Waals surface area contributed by atoms with Gasteiger partial charge in [0.05, 0.1) is 0 Å². The first-order valence-corrected chi connectivity index (χ1v) is 7.09. The lowest BCUT2D eigenvalue weighted by molar-refractivity contribution is 0.0203. The van der Waals surface area contributed by atoms with Gasteiger partial charge < -0.3 is 5.11 Å². The van der Waals surface area contributed by atoms with Crippen LogP contribution in [0.4, 0.5) is 0 Å². The summed E-state index contributed by atoms with van der Waals surface area (Å²) in [7, 11) is 0. The summed E-state index contributed by atoms with van der Waals surface area (Å²) in [5, 5.41) is 12.9. The molecule has 0 bridgehead atoms. The summed E-state index contributed by atoms with van der Waals surface area (Å²) >= 11 is 0. The Kier molecular flexibility index (Phi) is 10.0. The molecule has 0 heterocycles. The second-order valence-corrected chi connectivity index (χ2v) is 5.03. The molecule has 0 rings (SSSR count). The van der Waals surface area contributed by atoms with Crippen molar-refractivity contribution in [3.63, 3.8) is 0 Å². The van der Waals surface area contributed by atoms with Gasteiger partial charge in [-0.05, 0) is 26.3 Å². The zero-order valence-electron chi connectivity index (χ0n) is 11.5. The van der Waals surface area contributed by atoms with Crippen molar-refractivity contribution >= 4 is 0 Å². The first-order chi connectivity index (χ1) is 7.62.